The zero-order chi connectivity index (χ0) is 14.6. The summed E-state index contributed by atoms with van der Waals surface area (Å²) in [6, 6.07) is 8.76. The van der Waals surface area contributed by atoms with E-state index in [9.17, 15) is 0 Å². The number of nitrogens with one attached hydrogen (secondary N) is 1. The van der Waals surface area contributed by atoms with Gasteiger partial charge in [0.1, 0.15) is 0 Å². The van der Waals surface area contributed by atoms with E-state index in [4.69, 9.17) is 11.6 Å². The predicted octanol–water partition coefficient (Wildman–Crippen LogP) is 6.13. The van der Waals surface area contributed by atoms with E-state index >= 15 is 0 Å². The van der Waals surface area contributed by atoms with Crippen LogP contribution in [0.5, 0.6) is 0 Å². The molecule has 20 heavy (non-hydrogen) atoms. The lowest BCUT2D eigenvalue weighted by molar-refractivity contribution is 0.466. The van der Waals surface area contributed by atoms with Crippen LogP contribution in [0.4, 0.5) is 0 Å². The van der Waals surface area contributed by atoms with Crippen molar-refractivity contribution < 1.29 is 0 Å². The molecular formula is C18H30ClN. The van der Waals surface area contributed by atoms with Crippen LogP contribution in [0.2, 0.25) is 5.02 Å². The SMILES string of the molecule is CCCCCCCCC(NCCC)c1cccc(Cl)c1. The predicted molar refractivity (Wildman–Crippen MR) is 90.5 cm³/mol. The quantitative estimate of drug-likeness (QED) is 0.484. The third kappa shape index (κ3) is 7.31. The highest BCUT2D eigenvalue weighted by atomic mass is 35.5. The van der Waals surface area contributed by atoms with Gasteiger partial charge in [-0.3, -0.25) is 0 Å². The molecule has 1 aromatic carbocycles. The molecule has 1 aromatic rings. The molecule has 0 aliphatic heterocycles. The smallest absolute Gasteiger partial charge is 0.0409 e. The van der Waals surface area contributed by atoms with Crippen molar-refractivity contribution in [3.63, 3.8) is 0 Å². The van der Waals surface area contributed by atoms with E-state index in [1.807, 2.05) is 6.07 Å². The molecule has 0 aliphatic rings. The Balaban J connectivity index is 2.40. The highest BCUT2D eigenvalue weighted by Gasteiger charge is 2.10. The van der Waals surface area contributed by atoms with Crippen molar-refractivity contribution in [1.82, 2.24) is 5.32 Å². The van der Waals surface area contributed by atoms with Crippen molar-refractivity contribution in [2.45, 2.75) is 71.3 Å². The second-order valence-corrected chi connectivity index (χ2v) is 6.05. The average molecular weight is 296 g/mol. The standard InChI is InChI=1S/C18H30ClN/c1-3-5-6-7-8-9-13-18(20-14-4-2)16-11-10-12-17(19)15-16/h10-12,15,18,20H,3-9,13-14H2,1-2H3. The van der Waals surface area contributed by atoms with Gasteiger partial charge in [0, 0.05) is 11.1 Å². The average Bonchev–Trinajstić information content (AvgIpc) is 2.45. The minimum atomic E-state index is 0.458. The molecule has 0 bridgehead atoms. The third-order valence-electron chi connectivity index (χ3n) is 3.74. The summed E-state index contributed by atoms with van der Waals surface area (Å²) < 4.78 is 0. The molecule has 1 N–H and O–H groups in total. The summed E-state index contributed by atoms with van der Waals surface area (Å²) in [4.78, 5) is 0. The van der Waals surface area contributed by atoms with Crippen LogP contribution in [0.25, 0.3) is 0 Å². The molecule has 1 rings (SSSR count). The first-order valence-electron chi connectivity index (χ1n) is 8.26. The van der Waals surface area contributed by atoms with Gasteiger partial charge < -0.3 is 5.32 Å². The molecule has 1 atom stereocenters. The Labute approximate surface area is 130 Å². The Morgan fingerprint density at radius 1 is 1.00 bits per heavy atom. The second kappa shape index (κ2) is 11.2. The molecule has 0 fully saturated rings. The van der Waals surface area contributed by atoms with Gasteiger partial charge in [-0.15, -0.1) is 0 Å². The third-order valence-corrected chi connectivity index (χ3v) is 3.97. The van der Waals surface area contributed by atoms with E-state index in [2.05, 4.69) is 37.4 Å². The second-order valence-electron chi connectivity index (χ2n) is 5.62. The van der Waals surface area contributed by atoms with Crippen LogP contribution in [-0.2, 0) is 0 Å². The summed E-state index contributed by atoms with van der Waals surface area (Å²) in [5.74, 6) is 0. The maximum absolute atomic E-state index is 6.11. The zero-order valence-corrected chi connectivity index (χ0v) is 13.9. The van der Waals surface area contributed by atoms with E-state index in [0.717, 1.165) is 11.6 Å². The van der Waals surface area contributed by atoms with E-state index in [-0.39, 0.29) is 0 Å². The summed E-state index contributed by atoms with van der Waals surface area (Å²) in [6.45, 7) is 5.56. The first-order chi connectivity index (χ1) is 9.77. The van der Waals surface area contributed by atoms with Crippen molar-refractivity contribution in [3.8, 4) is 0 Å². The summed E-state index contributed by atoms with van der Waals surface area (Å²) in [5.41, 5.74) is 1.33. The molecule has 0 amide bonds. The zero-order valence-electron chi connectivity index (χ0n) is 13.1. The Bertz CT molecular complexity index is 351. The molecule has 0 saturated carbocycles. The number of hydrogen-bond acceptors (Lipinski definition) is 1. The molecule has 0 aliphatic carbocycles. The van der Waals surface area contributed by atoms with Crippen LogP contribution in [0.3, 0.4) is 0 Å². The number of benzene rings is 1. The summed E-state index contributed by atoms with van der Waals surface area (Å²) in [5, 5.41) is 4.50. The van der Waals surface area contributed by atoms with Gasteiger partial charge in [0.15, 0.2) is 0 Å². The molecule has 114 valence electrons. The van der Waals surface area contributed by atoms with Crippen LogP contribution in [0, 0.1) is 0 Å². The van der Waals surface area contributed by atoms with Gasteiger partial charge in [-0.25, -0.2) is 0 Å². The first kappa shape index (κ1) is 17.5. The normalized spacial score (nSPS) is 12.6. The molecule has 0 radical (unpaired) electrons. The van der Waals surface area contributed by atoms with Crippen LogP contribution in [0.15, 0.2) is 24.3 Å². The van der Waals surface area contributed by atoms with Gasteiger partial charge >= 0.3 is 0 Å². The number of halogens is 1. The van der Waals surface area contributed by atoms with Crippen LogP contribution < -0.4 is 5.32 Å². The van der Waals surface area contributed by atoms with Crippen LogP contribution >= 0.6 is 11.6 Å². The molecule has 1 nitrogen and oxygen atoms in total. The molecule has 2 heteroatoms. The minimum Gasteiger partial charge on any atom is -0.310 e. The van der Waals surface area contributed by atoms with Gasteiger partial charge in [-0.05, 0) is 37.1 Å². The topological polar surface area (TPSA) is 12.0 Å². The largest absolute Gasteiger partial charge is 0.310 e. The fraction of sp³-hybridized carbons (Fsp3) is 0.667. The van der Waals surface area contributed by atoms with Gasteiger partial charge in [-0.1, -0.05) is 76.1 Å². The number of unbranched alkanes of at least 4 members (excludes halogenated alkanes) is 5. The van der Waals surface area contributed by atoms with Crippen molar-refractivity contribution in [2.24, 2.45) is 0 Å². The fourth-order valence-corrected chi connectivity index (χ4v) is 2.76. The summed E-state index contributed by atoms with van der Waals surface area (Å²) >= 11 is 6.11. The Kier molecular flexibility index (Phi) is 9.78. The summed E-state index contributed by atoms with van der Waals surface area (Å²) in [7, 11) is 0. The van der Waals surface area contributed by atoms with Crippen LogP contribution in [-0.4, -0.2) is 6.54 Å². The Morgan fingerprint density at radius 3 is 2.45 bits per heavy atom. The Hall–Kier alpha value is -0.530. The number of hydrogen-bond donors (Lipinski definition) is 1. The van der Waals surface area contributed by atoms with E-state index in [1.54, 1.807) is 0 Å². The highest BCUT2D eigenvalue weighted by Crippen LogP contribution is 2.23. The maximum Gasteiger partial charge on any atom is 0.0409 e. The van der Waals surface area contributed by atoms with Crippen molar-refractivity contribution in [1.29, 1.82) is 0 Å². The molecule has 0 saturated heterocycles. The molecule has 0 heterocycles. The number of rotatable bonds is 11. The highest BCUT2D eigenvalue weighted by molar-refractivity contribution is 6.30. The van der Waals surface area contributed by atoms with Gasteiger partial charge in [0.2, 0.25) is 0 Å². The molecule has 1 unspecified atom stereocenters. The fourth-order valence-electron chi connectivity index (χ4n) is 2.56. The van der Waals surface area contributed by atoms with Crippen molar-refractivity contribution in [2.75, 3.05) is 6.54 Å². The lowest BCUT2D eigenvalue weighted by atomic mass is 9.99. The van der Waals surface area contributed by atoms with Gasteiger partial charge in [-0.2, -0.15) is 0 Å². The van der Waals surface area contributed by atoms with Gasteiger partial charge in [0.05, 0.1) is 0 Å². The monoisotopic (exact) mass is 295 g/mol. The molecular weight excluding hydrogens is 266 g/mol. The minimum absolute atomic E-state index is 0.458. The maximum atomic E-state index is 6.11. The van der Waals surface area contributed by atoms with Crippen LogP contribution in [0.1, 0.15) is 76.8 Å². The van der Waals surface area contributed by atoms with Crippen molar-refractivity contribution in [3.05, 3.63) is 34.9 Å². The Morgan fingerprint density at radius 2 is 1.75 bits per heavy atom. The lowest BCUT2D eigenvalue weighted by Gasteiger charge is -2.19. The lowest BCUT2D eigenvalue weighted by Crippen LogP contribution is -2.22. The van der Waals surface area contributed by atoms with E-state index in [1.165, 1.54) is 56.9 Å². The molecule has 0 aromatic heterocycles. The van der Waals surface area contributed by atoms with E-state index < -0.39 is 0 Å². The summed E-state index contributed by atoms with van der Waals surface area (Å²) in [6.07, 6.45) is 10.5. The van der Waals surface area contributed by atoms with E-state index in [0.29, 0.717) is 6.04 Å². The molecule has 0 spiro atoms. The first-order valence-corrected chi connectivity index (χ1v) is 8.64. The van der Waals surface area contributed by atoms with Gasteiger partial charge in [0.25, 0.3) is 0 Å². The van der Waals surface area contributed by atoms with Crippen molar-refractivity contribution >= 4 is 11.6 Å².